The molecule has 5 N–H and O–H groups in total. The van der Waals surface area contributed by atoms with Gasteiger partial charge in [-0.2, -0.15) is 0 Å². The van der Waals surface area contributed by atoms with Gasteiger partial charge in [0.15, 0.2) is 0 Å². The zero-order valence-electron chi connectivity index (χ0n) is 8.14. The summed E-state index contributed by atoms with van der Waals surface area (Å²) < 4.78 is 0. The molecule has 2 aromatic carbocycles. The zero-order chi connectivity index (χ0) is 10.8. The molecule has 0 saturated heterocycles. The summed E-state index contributed by atoms with van der Waals surface area (Å²) in [4.78, 5) is 0. The molecule has 3 nitrogen and oxygen atoms in total. The molecule has 0 aliphatic rings. The fourth-order valence-electron chi connectivity index (χ4n) is 1.52. The minimum absolute atomic E-state index is 0.0791. The van der Waals surface area contributed by atoms with Gasteiger partial charge in [-0.3, -0.25) is 0 Å². The summed E-state index contributed by atoms with van der Waals surface area (Å²) in [5.41, 5.74) is 13.7. The number of benzene rings is 2. The van der Waals surface area contributed by atoms with Gasteiger partial charge in [-0.05, 0) is 17.7 Å². The van der Waals surface area contributed by atoms with Gasteiger partial charge in [0, 0.05) is 11.3 Å². The first-order chi connectivity index (χ1) is 7.18. The van der Waals surface area contributed by atoms with Crippen LogP contribution in [0.3, 0.4) is 0 Å². The van der Waals surface area contributed by atoms with Gasteiger partial charge < -0.3 is 16.6 Å². The molecule has 0 fully saturated rings. The van der Waals surface area contributed by atoms with Gasteiger partial charge in [-0.1, -0.05) is 30.3 Å². The van der Waals surface area contributed by atoms with E-state index in [1.54, 1.807) is 12.1 Å². The summed E-state index contributed by atoms with van der Waals surface area (Å²) in [6.07, 6.45) is 0. The minimum atomic E-state index is 0.0791. The first-order valence-corrected chi connectivity index (χ1v) is 4.62. The molecule has 0 spiro atoms. The largest absolute Gasteiger partial charge is 0.505 e. The van der Waals surface area contributed by atoms with Crippen molar-refractivity contribution in [2.75, 3.05) is 11.5 Å². The third-order valence-corrected chi connectivity index (χ3v) is 2.25. The predicted octanol–water partition coefficient (Wildman–Crippen LogP) is 2.22. The number of phenolic OH excluding ortho intramolecular Hbond substituents is 1. The Balaban J connectivity index is 2.63. The van der Waals surface area contributed by atoms with Crippen LogP contribution >= 0.6 is 0 Å². The third-order valence-electron chi connectivity index (χ3n) is 2.25. The maximum absolute atomic E-state index is 9.79. The average molecular weight is 200 g/mol. The highest BCUT2D eigenvalue weighted by atomic mass is 16.3. The quantitative estimate of drug-likeness (QED) is 0.375. The van der Waals surface area contributed by atoms with Crippen molar-refractivity contribution in [3.8, 4) is 16.9 Å². The standard InChI is InChI=1S/C12H12N2O/c13-9-6-10(12(15)11(14)7-9)8-4-2-1-3-5-8/h1-7,15H,13-14H2. The van der Waals surface area contributed by atoms with Crippen molar-refractivity contribution in [3.05, 3.63) is 42.5 Å². The van der Waals surface area contributed by atoms with Crippen LogP contribution in [0.4, 0.5) is 11.4 Å². The Labute approximate surface area is 88.0 Å². The second kappa shape index (κ2) is 3.53. The summed E-state index contributed by atoms with van der Waals surface area (Å²) in [5.74, 6) is 0.0791. The number of rotatable bonds is 1. The van der Waals surface area contributed by atoms with E-state index in [2.05, 4.69) is 0 Å². The molecule has 76 valence electrons. The topological polar surface area (TPSA) is 72.3 Å². The third kappa shape index (κ3) is 1.72. The highest BCUT2D eigenvalue weighted by molar-refractivity contribution is 5.80. The molecule has 0 bridgehead atoms. The number of nitrogen functional groups attached to an aromatic ring is 2. The van der Waals surface area contributed by atoms with E-state index in [1.807, 2.05) is 30.3 Å². The monoisotopic (exact) mass is 200 g/mol. The van der Waals surface area contributed by atoms with Crippen molar-refractivity contribution in [1.29, 1.82) is 0 Å². The number of nitrogens with two attached hydrogens (primary N) is 2. The Kier molecular flexibility index (Phi) is 2.21. The minimum Gasteiger partial charge on any atom is -0.505 e. The van der Waals surface area contributed by atoms with E-state index in [9.17, 15) is 5.11 Å². The molecule has 2 aromatic rings. The maximum atomic E-state index is 9.79. The van der Waals surface area contributed by atoms with Gasteiger partial charge in [0.25, 0.3) is 0 Å². The van der Waals surface area contributed by atoms with Crippen LogP contribution in [0.2, 0.25) is 0 Å². The fourth-order valence-corrected chi connectivity index (χ4v) is 1.52. The van der Waals surface area contributed by atoms with Gasteiger partial charge in [-0.15, -0.1) is 0 Å². The predicted molar refractivity (Wildman–Crippen MR) is 62.4 cm³/mol. The van der Waals surface area contributed by atoms with Crippen LogP contribution < -0.4 is 11.5 Å². The highest BCUT2D eigenvalue weighted by Crippen LogP contribution is 2.35. The number of hydrogen-bond donors (Lipinski definition) is 3. The van der Waals surface area contributed by atoms with Crippen molar-refractivity contribution >= 4 is 11.4 Å². The second-order valence-electron chi connectivity index (χ2n) is 3.37. The second-order valence-corrected chi connectivity index (χ2v) is 3.37. The van der Waals surface area contributed by atoms with E-state index in [-0.39, 0.29) is 5.75 Å². The van der Waals surface area contributed by atoms with E-state index >= 15 is 0 Å². The van der Waals surface area contributed by atoms with Gasteiger partial charge in [0.1, 0.15) is 5.75 Å². The molecule has 2 rings (SSSR count). The van der Waals surface area contributed by atoms with Crippen LogP contribution in [-0.4, -0.2) is 5.11 Å². The molecule has 0 amide bonds. The molecular weight excluding hydrogens is 188 g/mol. The lowest BCUT2D eigenvalue weighted by molar-refractivity contribution is 0.480. The van der Waals surface area contributed by atoms with Crippen LogP contribution in [0.25, 0.3) is 11.1 Å². The van der Waals surface area contributed by atoms with E-state index in [0.717, 1.165) is 5.56 Å². The Bertz CT molecular complexity index is 480. The lowest BCUT2D eigenvalue weighted by atomic mass is 10.0. The van der Waals surface area contributed by atoms with Crippen LogP contribution in [-0.2, 0) is 0 Å². The van der Waals surface area contributed by atoms with E-state index in [4.69, 9.17) is 11.5 Å². The number of aromatic hydroxyl groups is 1. The van der Waals surface area contributed by atoms with Gasteiger partial charge in [-0.25, -0.2) is 0 Å². The van der Waals surface area contributed by atoms with Crippen LogP contribution in [0.1, 0.15) is 0 Å². The van der Waals surface area contributed by atoms with Gasteiger partial charge in [0.2, 0.25) is 0 Å². The van der Waals surface area contributed by atoms with Crippen molar-refractivity contribution in [2.45, 2.75) is 0 Å². The lowest BCUT2D eigenvalue weighted by Gasteiger charge is -2.08. The molecule has 0 aliphatic carbocycles. The van der Waals surface area contributed by atoms with Crippen molar-refractivity contribution in [3.63, 3.8) is 0 Å². The fraction of sp³-hybridized carbons (Fsp3) is 0. The molecule has 15 heavy (non-hydrogen) atoms. The highest BCUT2D eigenvalue weighted by Gasteiger charge is 2.07. The number of phenols is 1. The van der Waals surface area contributed by atoms with Gasteiger partial charge in [0.05, 0.1) is 5.69 Å². The summed E-state index contributed by atoms with van der Waals surface area (Å²) in [7, 11) is 0. The van der Waals surface area contributed by atoms with Crippen LogP contribution in [0.5, 0.6) is 5.75 Å². The van der Waals surface area contributed by atoms with Gasteiger partial charge >= 0.3 is 0 Å². The molecule has 0 atom stereocenters. The molecular formula is C12H12N2O. The lowest BCUT2D eigenvalue weighted by Crippen LogP contribution is -1.92. The Hall–Kier alpha value is -2.16. The summed E-state index contributed by atoms with van der Waals surface area (Å²) >= 11 is 0. The van der Waals surface area contributed by atoms with Crippen LogP contribution in [0.15, 0.2) is 42.5 Å². The van der Waals surface area contributed by atoms with Crippen molar-refractivity contribution in [1.82, 2.24) is 0 Å². The molecule has 0 unspecified atom stereocenters. The smallest absolute Gasteiger partial charge is 0.146 e. The first-order valence-electron chi connectivity index (χ1n) is 4.62. The molecule has 0 aliphatic heterocycles. The zero-order valence-corrected chi connectivity index (χ0v) is 8.14. The molecule has 0 radical (unpaired) electrons. The van der Waals surface area contributed by atoms with E-state index in [1.165, 1.54) is 0 Å². The molecule has 0 aromatic heterocycles. The summed E-state index contributed by atoms with van der Waals surface area (Å²) in [5, 5.41) is 9.79. The van der Waals surface area contributed by atoms with E-state index in [0.29, 0.717) is 16.9 Å². The molecule has 3 heteroatoms. The molecule has 0 heterocycles. The van der Waals surface area contributed by atoms with Crippen LogP contribution in [0, 0.1) is 0 Å². The Morgan fingerprint density at radius 1 is 0.933 bits per heavy atom. The maximum Gasteiger partial charge on any atom is 0.146 e. The Morgan fingerprint density at radius 2 is 1.60 bits per heavy atom. The van der Waals surface area contributed by atoms with E-state index < -0.39 is 0 Å². The SMILES string of the molecule is Nc1cc(N)c(O)c(-c2ccccc2)c1. The summed E-state index contributed by atoms with van der Waals surface area (Å²) in [6, 6.07) is 12.8. The normalized spacial score (nSPS) is 10.1. The average Bonchev–Trinajstić information content (AvgIpc) is 2.24. The number of anilines is 2. The van der Waals surface area contributed by atoms with Crippen molar-refractivity contribution in [2.24, 2.45) is 0 Å². The molecule has 0 saturated carbocycles. The van der Waals surface area contributed by atoms with Crippen molar-refractivity contribution < 1.29 is 5.11 Å². The summed E-state index contributed by atoms with van der Waals surface area (Å²) in [6.45, 7) is 0. The first kappa shape index (κ1) is 9.40. The number of hydrogen-bond acceptors (Lipinski definition) is 3. The Morgan fingerprint density at radius 3 is 2.27 bits per heavy atom.